The molecular weight excluding hydrogens is 274 g/mol. The summed E-state index contributed by atoms with van der Waals surface area (Å²) in [5.41, 5.74) is 1.13. The van der Waals surface area contributed by atoms with Gasteiger partial charge in [0.15, 0.2) is 0 Å². The third kappa shape index (κ3) is 3.97. The van der Waals surface area contributed by atoms with Gasteiger partial charge < -0.3 is 10.0 Å². The summed E-state index contributed by atoms with van der Waals surface area (Å²) in [5.74, 6) is 0.405. The van der Waals surface area contributed by atoms with Crippen molar-refractivity contribution in [3.05, 3.63) is 34.9 Å². The lowest BCUT2D eigenvalue weighted by Gasteiger charge is -2.33. The van der Waals surface area contributed by atoms with E-state index in [1.165, 1.54) is 0 Å². The number of aliphatic hydroxyl groups is 1. The van der Waals surface area contributed by atoms with Crippen molar-refractivity contribution in [3.63, 3.8) is 0 Å². The maximum absolute atomic E-state index is 12.4. The van der Waals surface area contributed by atoms with Crippen molar-refractivity contribution in [1.82, 2.24) is 4.90 Å². The molecule has 0 aromatic heterocycles. The van der Waals surface area contributed by atoms with Crippen LogP contribution in [0.5, 0.6) is 0 Å². The Kier molecular flexibility index (Phi) is 5.44. The smallest absolute Gasteiger partial charge is 0.225 e. The molecule has 0 radical (unpaired) electrons. The predicted octanol–water partition coefficient (Wildman–Crippen LogP) is 2.75. The number of carbonyl (C=O) groups excluding carboxylic acids is 1. The summed E-state index contributed by atoms with van der Waals surface area (Å²) in [4.78, 5) is 14.4. The minimum Gasteiger partial charge on any atom is -0.396 e. The molecule has 110 valence electrons. The van der Waals surface area contributed by atoms with E-state index in [1.807, 2.05) is 36.1 Å². The number of hydrogen-bond donors (Lipinski definition) is 1. The Morgan fingerprint density at radius 3 is 2.80 bits per heavy atom. The molecule has 2 rings (SSSR count). The molecule has 0 saturated carbocycles. The second-order valence-electron chi connectivity index (χ2n) is 5.71. The lowest BCUT2D eigenvalue weighted by molar-refractivity contribution is -0.137. The van der Waals surface area contributed by atoms with Gasteiger partial charge in [0.05, 0.1) is 0 Å². The van der Waals surface area contributed by atoms with Crippen LogP contribution in [0.4, 0.5) is 0 Å². The second-order valence-corrected chi connectivity index (χ2v) is 6.14. The number of aliphatic hydroxyl groups excluding tert-OH is 1. The first kappa shape index (κ1) is 15.3. The van der Waals surface area contributed by atoms with Crippen molar-refractivity contribution in [2.45, 2.75) is 26.2 Å². The highest BCUT2D eigenvalue weighted by atomic mass is 35.5. The Morgan fingerprint density at radius 1 is 1.45 bits per heavy atom. The van der Waals surface area contributed by atoms with Gasteiger partial charge in [-0.1, -0.05) is 30.7 Å². The van der Waals surface area contributed by atoms with Crippen LogP contribution in [0.3, 0.4) is 0 Å². The molecule has 2 atom stereocenters. The van der Waals surface area contributed by atoms with Crippen LogP contribution in [0, 0.1) is 11.8 Å². The normalized spacial score (nSPS) is 20.8. The minimum atomic E-state index is -0.0337. The third-order valence-electron chi connectivity index (χ3n) is 3.97. The van der Waals surface area contributed by atoms with Crippen molar-refractivity contribution in [1.29, 1.82) is 0 Å². The number of likely N-dealkylation sites (tertiary alicyclic amines) is 1. The van der Waals surface area contributed by atoms with Gasteiger partial charge in [-0.05, 0) is 42.9 Å². The highest BCUT2D eigenvalue weighted by Crippen LogP contribution is 2.20. The molecule has 1 saturated heterocycles. The van der Waals surface area contributed by atoms with Crippen LogP contribution in [-0.2, 0) is 11.2 Å². The summed E-state index contributed by atoms with van der Waals surface area (Å²) >= 11 is 5.87. The molecule has 2 unspecified atom stereocenters. The van der Waals surface area contributed by atoms with Crippen LogP contribution in [0.2, 0.25) is 5.02 Å². The molecule has 0 aliphatic carbocycles. The molecule has 4 heteroatoms. The SMILES string of the molecule is CC(Cc1ccc(Cl)cc1)C(=O)N1CCCC(CO)C1. The van der Waals surface area contributed by atoms with E-state index >= 15 is 0 Å². The van der Waals surface area contributed by atoms with E-state index in [4.69, 9.17) is 11.6 Å². The molecule has 0 spiro atoms. The Labute approximate surface area is 125 Å². The summed E-state index contributed by atoms with van der Waals surface area (Å²) in [6, 6.07) is 7.66. The first-order chi connectivity index (χ1) is 9.60. The molecule has 1 amide bonds. The van der Waals surface area contributed by atoms with Gasteiger partial charge in [0.1, 0.15) is 0 Å². The molecule has 1 aromatic rings. The molecule has 1 aliphatic rings. The van der Waals surface area contributed by atoms with E-state index in [0.29, 0.717) is 6.54 Å². The van der Waals surface area contributed by atoms with Crippen LogP contribution < -0.4 is 0 Å². The van der Waals surface area contributed by atoms with Gasteiger partial charge in [0, 0.05) is 30.6 Å². The maximum Gasteiger partial charge on any atom is 0.225 e. The second kappa shape index (κ2) is 7.09. The lowest BCUT2D eigenvalue weighted by atomic mass is 9.95. The van der Waals surface area contributed by atoms with E-state index in [-0.39, 0.29) is 24.3 Å². The quantitative estimate of drug-likeness (QED) is 0.928. The Bertz CT molecular complexity index is 446. The van der Waals surface area contributed by atoms with Gasteiger partial charge in [-0.2, -0.15) is 0 Å². The van der Waals surface area contributed by atoms with E-state index in [0.717, 1.165) is 36.4 Å². The minimum absolute atomic E-state index is 0.0337. The molecule has 1 heterocycles. The number of benzene rings is 1. The van der Waals surface area contributed by atoms with Crippen molar-refractivity contribution in [2.75, 3.05) is 19.7 Å². The average Bonchev–Trinajstić information content (AvgIpc) is 2.48. The van der Waals surface area contributed by atoms with Gasteiger partial charge in [0.2, 0.25) is 5.91 Å². The number of amides is 1. The monoisotopic (exact) mass is 295 g/mol. The number of halogens is 1. The Hall–Kier alpha value is -1.06. The van der Waals surface area contributed by atoms with E-state index in [2.05, 4.69) is 0 Å². The van der Waals surface area contributed by atoms with Gasteiger partial charge >= 0.3 is 0 Å². The van der Waals surface area contributed by atoms with Gasteiger partial charge in [-0.25, -0.2) is 0 Å². The fourth-order valence-electron chi connectivity index (χ4n) is 2.79. The first-order valence-corrected chi connectivity index (χ1v) is 7.62. The van der Waals surface area contributed by atoms with Gasteiger partial charge in [-0.15, -0.1) is 0 Å². The van der Waals surface area contributed by atoms with E-state index < -0.39 is 0 Å². The molecule has 0 bridgehead atoms. The summed E-state index contributed by atoms with van der Waals surface area (Å²) in [7, 11) is 0. The zero-order valence-electron chi connectivity index (χ0n) is 11.9. The van der Waals surface area contributed by atoms with Crippen LogP contribution in [0.1, 0.15) is 25.3 Å². The first-order valence-electron chi connectivity index (χ1n) is 7.24. The number of hydrogen-bond acceptors (Lipinski definition) is 2. The van der Waals surface area contributed by atoms with Crippen molar-refractivity contribution >= 4 is 17.5 Å². The van der Waals surface area contributed by atoms with E-state index in [9.17, 15) is 9.90 Å². The molecule has 1 aromatic carbocycles. The average molecular weight is 296 g/mol. The fraction of sp³-hybridized carbons (Fsp3) is 0.562. The number of piperidine rings is 1. The zero-order chi connectivity index (χ0) is 14.5. The maximum atomic E-state index is 12.4. The molecule has 1 fully saturated rings. The Morgan fingerprint density at radius 2 is 2.15 bits per heavy atom. The van der Waals surface area contributed by atoms with Crippen molar-refractivity contribution in [2.24, 2.45) is 11.8 Å². The lowest BCUT2D eigenvalue weighted by Crippen LogP contribution is -2.43. The number of carbonyl (C=O) groups is 1. The molecule has 1 aliphatic heterocycles. The number of nitrogens with zero attached hydrogens (tertiary/aromatic N) is 1. The summed E-state index contributed by atoms with van der Waals surface area (Å²) in [6.45, 7) is 3.66. The fourth-order valence-corrected chi connectivity index (χ4v) is 2.91. The van der Waals surface area contributed by atoms with Crippen LogP contribution in [-0.4, -0.2) is 35.6 Å². The molecule has 20 heavy (non-hydrogen) atoms. The number of rotatable bonds is 4. The topological polar surface area (TPSA) is 40.5 Å². The molecule has 3 nitrogen and oxygen atoms in total. The highest BCUT2D eigenvalue weighted by Gasteiger charge is 2.26. The summed E-state index contributed by atoms with van der Waals surface area (Å²) in [6.07, 6.45) is 2.74. The van der Waals surface area contributed by atoms with Crippen LogP contribution >= 0.6 is 11.6 Å². The molecular formula is C16H22ClNO2. The predicted molar refractivity (Wildman–Crippen MR) is 80.7 cm³/mol. The van der Waals surface area contributed by atoms with Crippen LogP contribution in [0.15, 0.2) is 24.3 Å². The summed E-state index contributed by atoms with van der Waals surface area (Å²) < 4.78 is 0. The Balaban J connectivity index is 1.92. The third-order valence-corrected chi connectivity index (χ3v) is 4.22. The van der Waals surface area contributed by atoms with Crippen molar-refractivity contribution < 1.29 is 9.90 Å². The zero-order valence-corrected chi connectivity index (χ0v) is 12.6. The van der Waals surface area contributed by atoms with Crippen LogP contribution in [0.25, 0.3) is 0 Å². The largest absolute Gasteiger partial charge is 0.396 e. The standard InChI is InChI=1S/C16H22ClNO2/c1-12(9-13-4-6-15(17)7-5-13)16(20)18-8-2-3-14(10-18)11-19/h4-7,12,14,19H,2-3,8-11H2,1H3. The molecule has 1 N–H and O–H groups in total. The summed E-state index contributed by atoms with van der Waals surface area (Å²) in [5, 5.41) is 9.96. The van der Waals surface area contributed by atoms with Crippen molar-refractivity contribution in [3.8, 4) is 0 Å². The van der Waals surface area contributed by atoms with Gasteiger partial charge in [0.25, 0.3) is 0 Å². The van der Waals surface area contributed by atoms with Gasteiger partial charge in [-0.3, -0.25) is 4.79 Å². The van der Waals surface area contributed by atoms with E-state index in [1.54, 1.807) is 0 Å². The highest BCUT2D eigenvalue weighted by molar-refractivity contribution is 6.30.